The van der Waals surface area contributed by atoms with Gasteiger partial charge in [-0.1, -0.05) is 24.6 Å². The fourth-order valence-electron chi connectivity index (χ4n) is 2.88. The molecule has 0 saturated carbocycles. The van der Waals surface area contributed by atoms with Crippen LogP contribution >= 0.6 is 0 Å². The zero-order valence-corrected chi connectivity index (χ0v) is 11.5. The highest BCUT2D eigenvalue weighted by molar-refractivity contribution is 5.90. The smallest absolute Gasteiger partial charge is 0.0933 e. The highest BCUT2D eigenvalue weighted by atomic mass is 15.2. The van der Waals surface area contributed by atoms with Gasteiger partial charge in [0.2, 0.25) is 0 Å². The Hall–Kier alpha value is -1.61. The van der Waals surface area contributed by atoms with Crippen molar-refractivity contribution in [2.75, 3.05) is 25.5 Å². The molecule has 1 saturated heterocycles. The number of fused-ring (bicyclic) bond motifs is 1. The van der Waals surface area contributed by atoms with Gasteiger partial charge in [-0.2, -0.15) is 0 Å². The van der Waals surface area contributed by atoms with Crippen LogP contribution in [0.15, 0.2) is 36.5 Å². The van der Waals surface area contributed by atoms with Gasteiger partial charge in [-0.25, -0.2) is 0 Å². The molecule has 1 aromatic carbocycles. The van der Waals surface area contributed by atoms with Crippen molar-refractivity contribution in [3.8, 4) is 0 Å². The summed E-state index contributed by atoms with van der Waals surface area (Å²) in [5.74, 6) is 0. The van der Waals surface area contributed by atoms with E-state index in [0.29, 0.717) is 6.04 Å². The predicted octanol–water partition coefficient (Wildman–Crippen LogP) is 3.13. The molecule has 100 valence electrons. The van der Waals surface area contributed by atoms with Crippen LogP contribution in [-0.2, 0) is 0 Å². The molecule has 1 atom stereocenters. The first-order valence-corrected chi connectivity index (χ1v) is 7.12. The molecule has 2 heterocycles. The Balaban J connectivity index is 1.74. The molecule has 1 aliphatic rings. The van der Waals surface area contributed by atoms with Gasteiger partial charge in [-0.15, -0.1) is 0 Å². The lowest BCUT2D eigenvalue weighted by Gasteiger charge is -2.32. The Morgan fingerprint density at radius 3 is 3.05 bits per heavy atom. The average Bonchev–Trinajstić information content (AvgIpc) is 2.46. The third-order valence-electron chi connectivity index (χ3n) is 4.08. The van der Waals surface area contributed by atoms with Crippen LogP contribution in [0.1, 0.15) is 19.3 Å². The molecule has 0 bridgehead atoms. The normalized spacial score (nSPS) is 20.6. The van der Waals surface area contributed by atoms with Crippen LogP contribution in [0.25, 0.3) is 10.9 Å². The number of para-hydroxylation sites is 1. The predicted molar refractivity (Wildman–Crippen MR) is 80.5 cm³/mol. The number of hydrogen-bond acceptors (Lipinski definition) is 3. The van der Waals surface area contributed by atoms with Crippen molar-refractivity contribution in [2.24, 2.45) is 0 Å². The lowest BCUT2D eigenvalue weighted by Crippen LogP contribution is -2.40. The minimum absolute atomic E-state index is 0.646. The van der Waals surface area contributed by atoms with Crippen LogP contribution in [-0.4, -0.2) is 36.1 Å². The van der Waals surface area contributed by atoms with Crippen molar-refractivity contribution >= 4 is 16.6 Å². The summed E-state index contributed by atoms with van der Waals surface area (Å²) in [6.45, 7) is 2.23. The Labute approximate surface area is 114 Å². The summed E-state index contributed by atoms with van der Waals surface area (Å²) in [5, 5.41) is 4.78. The van der Waals surface area contributed by atoms with E-state index >= 15 is 0 Å². The molecule has 1 aromatic heterocycles. The Morgan fingerprint density at radius 1 is 1.26 bits per heavy atom. The fraction of sp³-hybridized carbons (Fsp3) is 0.438. The Kier molecular flexibility index (Phi) is 3.65. The van der Waals surface area contributed by atoms with Crippen molar-refractivity contribution in [2.45, 2.75) is 25.3 Å². The minimum atomic E-state index is 0.646. The first-order valence-electron chi connectivity index (χ1n) is 7.12. The summed E-state index contributed by atoms with van der Waals surface area (Å²) in [6, 6.07) is 11.1. The second-order valence-electron chi connectivity index (χ2n) is 5.39. The summed E-state index contributed by atoms with van der Waals surface area (Å²) in [7, 11) is 2.23. The quantitative estimate of drug-likeness (QED) is 0.913. The van der Waals surface area contributed by atoms with Crippen LogP contribution in [0.5, 0.6) is 0 Å². The van der Waals surface area contributed by atoms with E-state index in [0.717, 1.165) is 17.7 Å². The molecule has 1 unspecified atom stereocenters. The van der Waals surface area contributed by atoms with Gasteiger partial charge in [-0.3, -0.25) is 4.98 Å². The van der Waals surface area contributed by atoms with Crippen LogP contribution in [0.4, 0.5) is 5.69 Å². The number of hydrogen-bond donors (Lipinski definition) is 1. The third-order valence-corrected chi connectivity index (χ3v) is 4.08. The highest BCUT2D eigenvalue weighted by Gasteiger charge is 2.18. The first-order chi connectivity index (χ1) is 9.34. The number of pyridine rings is 1. The number of likely N-dealkylation sites (tertiary alicyclic amines) is 1. The number of aromatic nitrogens is 1. The van der Waals surface area contributed by atoms with Crippen LogP contribution in [0, 0.1) is 0 Å². The molecule has 0 aliphatic carbocycles. The molecular weight excluding hydrogens is 234 g/mol. The van der Waals surface area contributed by atoms with Crippen molar-refractivity contribution in [1.82, 2.24) is 9.88 Å². The lowest BCUT2D eigenvalue weighted by molar-refractivity contribution is 0.195. The van der Waals surface area contributed by atoms with E-state index in [4.69, 9.17) is 0 Å². The van der Waals surface area contributed by atoms with Gasteiger partial charge in [0.15, 0.2) is 0 Å². The number of nitrogens with one attached hydrogen (secondary N) is 1. The van der Waals surface area contributed by atoms with E-state index in [9.17, 15) is 0 Å². The molecule has 2 aromatic rings. The van der Waals surface area contributed by atoms with Gasteiger partial charge in [0.1, 0.15) is 0 Å². The minimum Gasteiger partial charge on any atom is -0.382 e. The molecule has 1 N–H and O–H groups in total. The topological polar surface area (TPSA) is 28.2 Å². The lowest BCUT2D eigenvalue weighted by atomic mass is 10.0. The second kappa shape index (κ2) is 5.57. The number of likely N-dealkylation sites (N-methyl/N-ethyl adjacent to an activating group) is 1. The maximum atomic E-state index is 4.49. The van der Waals surface area contributed by atoms with Crippen molar-refractivity contribution in [3.05, 3.63) is 36.5 Å². The van der Waals surface area contributed by atoms with Crippen molar-refractivity contribution in [3.63, 3.8) is 0 Å². The van der Waals surface area contributed by atoms with E-state index in [-0.39, 0.29) is 0 Å². The van der Waals surface area contributed by atoms with E-state index in [1.54, 1.807) is 0 Å². The second-order valence-corrected chi connectivity index (χ2v) is 5.39. The van der Waals surface area contributed by atoms with Gasteiger partial charge in [-0.05, 0) is 38.6 Å². The van der Waals surface area contributed by atoms with Crippen LogP contribution in [0.3, 0.4) is 0 Å². The van der Waals surface area contributed by atoms with Crippen molar-refractivity contribution in [1.29, 1.82) is 0 Å². The summed E-state index contributed by atoms with van der Waals surface area (Å²) < 4.78 is 0. The summed E-state index contributed by atoms with van der Waals surface area (Å²) in [6.07, 6.45) is 5.84. The van der Waals surface area contributed by atoms with Gasteiger partial charge in [0.25, 0.3) is 0 Å². The summed E-state index contributed by atoms with van der Waals surface area (Å²) in [4.78, 5) is 6.96. The van der Waals surface area contributed by atoms with Crippen LogP contribution < -0.4 is 5.32 Å². The highest BCUT2D eigenvalue weighted by Crippen LogP contribution is 2.22. The Bertz CT molecular complexity index is 547. The monoisotopic (exact) mass is 255 g/mol. The number of anilines is 1. The number of rotatable bonds is 3. The molecule has 0 amide bonds. The molecule has 1 aliphatic heterocycles. The molecule has 0 spiro atoms. The molecule has 19 heavy (non-hydrogen) atoms. The molecule has 1 fully saturated rings. The molecule has 0 radical (unpaired) electrons. The molecule has 3 nitrogen and oxygen atoms in total. The van der Waals surface area contributed by atoms with Gasteiger partial charge in [0, 0.05) is 24.2 Å². The summed E-state index contributed by atoms with van der Waals surface area (Å²) >= 11 is 0. The zero-order chi connectivity index (χ0) is 13.1. The fourth-order valence-corrected chi connectivity index (χ4v) is 2.88. The van der Waals surface area contributed by atoms with Gasteiger partial charge >= 0.3 is 0 Å². The first kappa shape index (κ1) is 12.4. The number of benzene rings is 1. The van der Waals surface area contributed by atoms with Gasteiger partial charge < -0.3 is 10.2 Å². The SMILES string of the molecule is CN1CCCCC1CNc1cccc2cccnc12. The largest absolute Gasteiger partial charge is 0.382 e. The van der Waals surface area contributed by atoms with E-state index in [1.807, 2.05) is 12.3 Å². The van der Waals surface area contributed by atoms with E-state index in [2.05, 4.69) is 46.5 Å². The number of nitrogens with zero attached hydrogens (tertiary/aromatic N) is 2. The third kappa shape index (κ3) is 2.71. The van der Waals surface area contributed by atoms with Crippen LogP contribution in [0.2, 0.25) is 0 Å². The standard InChI is InChI=1S/C16H21N3/c1-19-11-3-2-8-14(19)12-18-15-9-4-6-13-7-5-10-17-16(13)15/h4-7,9-10,14,18H,2-3,8,11-12H2,1H3. The molecule has 3 rings (SSSR count). The summed E-state index contributed by atoms with van der Waals surface area (Å²) in [5.41, 5.74) is 2.22. The molecule has 3 heteroatoms. The van der Waals surface area contributed by atoms with E-state index < -0.39 is 0 Å². The van der Waals surface area contributed by atoms with Crippen molar-refractivity contribution < 1.29 is 0 Å². The number of piperidine rings is 1. The van der Waals surface area contributed by atoms with E-state index in [1.165, 1.54) is 31.2 Å². The molecular formula is C16H21N3. The average molecular weight is 255 g/mol. The maximum Gasteiger partial charge on any atom is 0.0933 e. The van der Waals surface area contributed by atoms with Gasteiger partial charge in [0.05, 0.1) is 11.2 Å². The Morgan fingerprint density at radius 2 is 2.16 bits per heavy atom. The maximum absolute atomic E-state index is 4.49. The zero-order valence-electron chi connectivity index (χ0n) is 11.5.